The van der Waals surface area contributed by atoms with Crippen LogP contribution in [-0.2, 0) is 37.1 Å². The highest BCUT2D eigenvalue weighted by molar-refractivity contribution is 8.76. The van der Waals surface area contributed by atoms with E-state index in [2.05, 4.69) is 46.5 Å². The summed E-state index contributed by atoms with van der Waals surface area (Å²) in [5, 5.41) is 23.5. The van der Waals surface area contributed by atoms with Crippen molar-refractivity contribution >= 4 is 85.2 Å². The van der Waals surface area contributed by atoms with Crippen LogP contribution in [0.3, 0.4) is 0 Å². The zero-order chi connectivity index (χ0) is 59.9. The first-order chi connectivity index (χ1) is 40.4. The molecule has 0 saturated carbocycles. The highest BCUT2D eigenvalue weighted by Gasteiger charge is 2.47. The molecular formula is C59H59F2N13O8S2. The number of fused-ring (bicyclic) bond motifs is 1. The number of nitriles is 1. The number of benzene rings is 3. The van der Waals surface area contributed by atoms with Crippen molar-refractivity contribution in [2.24, 2.45) is 0 Å². The number of alkyl carbamates (subject to hydrolysis) is 1. The number of nitrogens with one attached hydrogen (secondary N) is 5. The van der Waals surface area contributed by atoms with Crippen LogP contribution in [-0.4, -0.2) is 117 Å². The molecule has 0 aliphatic carbocycles. The second-order valence-corrected chi connectivity index (χ2v) is 22.1. The molecule has 0 bridgehead atoms. The van der Waals surface area contributed by atoms with Crippen molar-refractivity contribution in [3.8, 4) is 45.3 Å². The molecule has 9 N–H and O–H groups in total. The Labute approximate surface area is 489 Å². The molecule has 21 nitrogen and oxygen atoms in total. The molecule has 1 aliphatic rings. The molecule has 3 aromatic carbocycles. The largest absolute Gasteiger partial charge is 0.480 e. The Morgan fingerprint density at radius 3 is 2.24 bits per heavy atom. The van der Waals surface area contributed by atoms with E-state index in [9.17, 15) is 42.8 Å². The lowest BCUT2D eigenvalue weighted by atomic mass is 9.98. The lowest BCUT2D eigenvalue weighted by Gasteiger charge is -2.19. The fourth-order valence-corrected chi connectivity index (χ4v) is 11.0. The molecule has 84 heavy (non-hydrogen) atoms. The molecule has 1 aliphatic heterocycles. The number of halogens is 2. The van der Waals surface area contributed by atoms with Crippen LogP contribution in [0.4, 0.5) is 30.6 Å². The Bertz CT molecular complexity index is 3650. The second kappa shape index (κ2) is 28.0. The third kappa shape index (κ3) is 16.2. The first-order valence-electron chi connectivity index (χ1n) is 26.3. The number of carbonyl (C=O) groups is 6. The number of likely N-dealkylation sites (tertiary alicyclic amines) is 1. The number of hydrogen-bond acceptors (Lipinski definition) is 17. The van der Waals surface area contributed by atoms with Crippen molar-refractivity contribution < 1.29 is 47.0 Å². The molecule has 2 atom stereocenters. The molecule has 25 heteroatoms. The fourth-order valence-electron chi connectivity index (χ4n) is 8.89. The Kier molecular flexibility index (Phi) is 20.3. The van der Waals surface area contributed by atoms with Crippen LogP contribution in [0.5, 0.6) is 5.88 Å². The topological polar surface area (TPSA) is 312 Å². The van der Waals surface area contributed by atoms with Crippen molar-refractivity contribution in [1.29, 1.82) is 5.26 Å². The second-order valence-electron chi connectivity index (χ2n) is 19.5. The summed E-state index contributed by atoms with van der Waals surface area (Å²) in [6, 6.07) is 26.6. The number of aryl methyl sites for hydroxylation is 2. The minimum absolute atomic E-state index is 0.0725. The van der Waals surface area contributed by atoms with Crippen LogP contribution in [0.25, 0.3) is 44.3 Å². The Morgan fingerprint density at radius 1 is 0.774 bits per heavy atom. The van der Waals surface area contributed by atoms with E-state index in [1.807, 2.05) is 74.5 Å². The lowest BCUT2D eigenvalue weighted by Crippen LogP contribution is -2.45. The number of nitrogens with two attached hydrogens (primary N) is 2. The van der Waals surface area contributed by atoms with Gasteiger partial charge in [-0.15, -0.1) is 0 Å². The summed E-state index contributed by atoms with van der Waals surface area (Å²) in [7, 11) is 4.17. The molecule has 1 saturated heterocycles. The summed E-state index contributed by atoms with van der Waals surface area (Å²) in [6.45, 7) is 2.25. The van der Waals surface area contributed by atoms with Gasteiger partial charge in [0, 0.05) is 95.6 Å². The number of nitrogens with zero attached hydrogens (tertiary/aromatic N) is 6. The number of rotatable bonds is 23. The quantitative estimate of drug-likeness (QED) is 0.0185. The average Bonchev–Trinajstić information content (AvgIpc) is 4.00. The van der Waals surface area contributed by atoms with Crippen LogP contribution >= 0.6 is 21.6 Å². The van der Waals surface area contributed by atoms with Crippen LogP contribution in [0, 0.1) is 25.2 Å². The third-order valence-electron chi connectivity index (χ3n) is 13.4. The van der Waals surface area contributed by atoms with Crippen LogP contribution < -0.4 is 42.8 Å². The molecule has 0 spiro atoms. The van der Waals surface area contributed by atoms with Gasteiger partial charge in [-0.3, -0.25) is 38.9 Å². The normalized spacial score (nSPS) is 13.7. The lowest BCUT2D eigenvalue weighted by molar-refractivity contribution is -0.131. The number of alkyl halides is 2. The van der Waals surface area contributed by atoms with Gasteiger partial charge in [-0.1, -0.05) is 45.9 Å². The molecule has 1 fully saturated rings. The summed E-state index contributed by atoms with van der Waals surface area (Å²) < 4.78 is 38.3. The number of amides is 6. The van der Waals surface area contributed by atoms with Gasteiger partial charge in [-0.05, 0) is 114 Å². The summed E-state index contributed by atoms with van der Waals surface area (Å²) in [6.07, 6.45) is 4.46. The van der Waals surface area contributed by atoms with Gasteiger partial charge in [-0.2, -0.15) is 5.26 Å². The van der Waals surface area contributed by atoms with E-state index in [0.29, 0.717) is 34.4 Å². The van der Waals surface area contributed by atoms with E-state index in [1.165, 1.54) is 47.0 Å². The van der Waals surface area contributed by atoms with E-state index in [-0.39, 0.29) is 49.5 Å². The molecule has 8 rings (SSSR count). The summed E-state index contributed by atoms with van der Waals surface area (Å²) in [5.41, 5.74) is 22.4. The van der Waals surface area contributed by atoms with Crippen molar-refractivity contribution in [1.82, 2.24) is 46.1 Å². The zero-order valence-corrected chi connectivity index (χ0v) is 47.5. The molecule has 1 unspecified atom stereocenters. The van der Waals surface area contributed by atoms with E-state index in [1.54, 1.807) is 42.9 Å². The summed E-state index contributed by atoms with van der Waals surface area (Å²) >= 11 is 0. The predicted octanol–water partition coefficient (Wildman–Crippen LogP) is 7.53. The number of hydrogen-bond donors (Lipinski definition) is 7. The molecule has 4 aromatic heterocycles. The first kappa shape index (κ1) is 60.7. The number of ether oxygens (including phenoxy) is 2. The van der Waals surface area contributed by atoms with Crippen LogP contribution in [0.15, 0.2) is 116 Å². The molecule has 7 aromatic rings. The Morgan fingerprint density at radius 2 is 1.50 bits per heavy atom. The van der Waals surface area contributed by atoms with Gasteiger partial charge in [-0.25, -0.2) is 18.6 Å². The van der Waals surface area contributed by atoms with Crippen molar-refractivity contribution in [3.05, 3.63) is 144 Å². The smallest absolute Gasteiger partial charge is 0.407 e. The highest BCUT2D eigenvalue weighted by Crippen LogP contribution is 2.34. The van der Waals surface area contributed by atoms with Crippen molar-refractivity contribution in [2.45, 2.75) is 64.3 Å². The maximum atomic E-state index is 13.9. The molecular weight excluding hydrogens is 1120 g/mol. The number of methoxy groups -OCH3 is 1. The van der Waals surface area contributed by atoms with E-state index < -0.39 is 73.1 Å². The third-order valence-corrected chi connectivity index (χ3v) is 15.8. The minimum Gasteiger partial charge on any atom is -0.480 e. The molecule has 434 valence electrons. The van der Waals surface area contributed by atoms with Gasteiger partial charge in [0.05, 0.1) is 55.4 Å². The van der Waals surface area contributed by atoms with E-state index >= 15 is 0 Å². The Hall–Kier alpha value is -9.41. The summed E-state index contributed by atoms with van der Waals surface area (Å²) in [5.74, 6) is -5.47. The van der Waals surface area contributed by atoms with E-state index in [0.717, 1.165) is 60.3 Å². The number of nitrogen functional groups attached to an aromatic ring is 2. The molecule has 6 amide bonds. The standard InChI is InChI=1S/C59H59F2N13O8S2/c1-34-20-36(5-9-47(34)63)37-6-10-49(35(2)21-37)73-56(79)51(72-53(76)13-12-52(75)69-29-43-22-39(14-16-65-43)55(78)70-30-54(77)74-33-59(60,61)25-44(74)26-62)32-84-83-19-18-67-58(80)82-31-42-8-4-40(27-68-42)45-15-17-66-50-11-7-38(23-46(45)50)41-24-48(64)57(81-3)71-28-41/h4-11,14-17,20-24,27-28,44,51H,12-13,18-19,25,29-33,63-64H2,1-3H3,(H,67,80)(H,69,75)(H,70,78)(H,72,76)(H,73,79)/t44-,51?/m0/s1. The van der Waals surface area contributed by atoms with Gasteiger partial charge < -0.3 is 52.4 Å². The van der Waals surface area contributed by atoms with Gasteiger partial charge in [0.25, 0.3) is 11.8 Å². The van der Waals surface area contributed by atoms with Crippen molar-refractivity contribution in [2.75, 3.05) is 55.0 Å². The van der Waals surface area contributed by atoms with E-state index in [4.69, 9.17) is 20.9 Å². The van der Waals surface area contributed by atoms with Gasteiger partial charge in [0.15, 0.2) is 0 Å². The highest BCUT2D eigenvalue weighted by atomic mass is 33.1. The van der Waals surface area contributed by atoms with Crippen LogP contribution in [0.2, 0.25) is 0 Å². The van der Waals surface area contributed by atoms with Gasteiger partial charge in [0.1, 0.15) is 18.7 Å². The zero-order valence-electron chi connectivity index (χ0n) is 45.9. The number of carbonyl (C=O) groups excluding carboxylic acids is 6. The van der Waals surface area contributed by atoms with Crippen molar-refractivity contribution in [3.63, 3.8) is 0 Å². The average molecular weight is 1180 g/mol. The summed E-state index contributed by atoms with van der Waals surface area (Å²) in [4.78, 5) is 96.6. The molecule has 0 radical (unpaired) electrons. The fraction of sp³-hybridized carbons (Fsp3) is 0.271. The number of aromatic nitrogens is 4. The SMILES string of the molecule is COc1ncc(-c2ccc3nccc(-c4ccc(COC(=O)NCCSSCC(NC(=O)CCC(=O)NCc5cc(C(=O)NCC(=O)N6CC(F)(F)C[C@H]6C#N)ccn5)C(=O)Nc5ccc(-c6ccc(N)c(C)c6)cc5C)nc4)c3c2)cc1N. The monoisotopic (exact) mass is 1180 g/mol. The van der Waals surface area contributed by atoms with Crippen LogP contribution in [0.1, 0.15) is 52.1 Å². The predicted molar refractivity (Wildman–Crippen MR) is 317 cm³/mol. The minimum atomic E-state index is -3.21. The van der Waals surface area contributed by atoms with Gasteiger partial charge >= 0.3 is 6.09 Å². The number of anilines is 3. The molecule has 5 heterocycles. The number of pyridine rings is 4. The van der Waals surface area contributed by atoms with Gasteiger partial charge in [0.2, 0.25) is 29.5 Å². The maximum absolute atomic E-state index is 13.9. The maximum Gasteiger partial charge on any atom is 0.407 e. The first-order valence-corrected chi connectivity index (χ1v) is 28.8. The Balaban J connectivity index is 0.802.